The largest absolute Gasteiger partial charge is 0.324 e. The Bertz CT molecular complexity index is 804. The smallest absolute Gasteiger partial charge is 0.323 e. The van der Waals surface area contributed by atoms with E-state index in [0.29, 0.717) is 30.1 Å². The van der Waals surface area contributed by atoms with Gasteiger partial charge in [0.05, 0.1) is 18.3 Å². The average Bonchev–Trinajstić information content (AvgIpc) is 3.24. The van der Waals surface area contributed by atoms with Crippen LogP contribution in [0.3, 0.4) is 0 Å². The lowest BCUT2D eigenvalue weighted by molar-refractivity contribution is 0.343. The molecular weight excluding hydrogens is 316 g/mol. The molecule has 7 nitrogen and oxygen atoms in total. The molecule has 25 heavy (non-hydrogen) atoms. The molecule has 7 heteroatoms. The Morgan fingerprint density at radius 3 is 3.00 bits per heavy atom. The van der Waals surface area contributed by atoms with Gasteiger partial charge in [-0.2, -0.15) is 10.2 Å². The maximum absolute atomic E-state index is 9.02. The fraction of sp³-hybridized carbons (Fsp3) is 0.444. The zero-order chi connectivity index (χ0) is 17.2. The fourth-order valence-corrected chi connectivity index (χ4v) is 3.54. The minimum atomic E-state index is 0.309. The summed E-state index contributed by atoms with van der Waals surface area (Å²) in [6.45, 7) is 7.79. The predicted octanol–water partition coefficient (Wildman–Crippen LogP) is 1.99. The predicted molar refractivity (Wildman–Crippen MR) is 93.8 cm³/mol. The van der Waals surface area contributed by atoms with E-state index < -0.39 is 0 Å². The van der Waals surface area contributed by atoms with E-state index >= 15 is 0 Å². The minimum Gasteiger partial charge on any atom is -0.323 e. The molecule has 0 saturated carbocycles. The van der Waals surface area contributed by atoms with Crippen LogP contribution in [-0.4, -0.2) is 54.6 Å². The third-order valence-electron chi connectivity index (χ3n) is 5.01. The summed E-state index contributed by atoms with van der Waals surface area (Å²) in [6.07, 6.45) is 1.03. The maximum atomic E-state index is 9.02. The highest BCUT2D eigenvalue weighted by Gasteiger charge is 2.33. The highest BCUT2D eigenvalue weighted by molar-refractivity contribution is 5.41. The van der Waals surface area contributed by atoms with Gasteiger partial charge in [-0.25, -0.2) is 0 Å². The molecule has 0 bridgehead atoms. The zero-order valence-corrected chi connectivity index (χ0v) is 14.0. The number of benzene rings is 1. The molecule has 0 aliphatic carbocycles. The molecule has 128 valence electrons. The Kier molecular flexibility index (Phi) is 4.20. The molecule has 2 saturated heterocycles. The number of aliphatic imine (C=N–C) groups is 1. The average molecular weight is 336 g/mol. The summed E-state index contributed by atoms with van der Waals surface area (Å²) >= 11 is 0. The van der Waals surface area contributed by atoms with Gasteiger partial charge < -0.3 is 9.42 Å². The van der Waals surface area contributed by atoms with Crippen molar-refractivity contribution in [3.8, 4) is 6.07 Å². The maximum Gasteiger partial charge on any atom is 0.324 e. The number of hydrogen-bond acceptors (Lipinski definition) is 7. The lowest BCUT2D eigenvalue weighted by Gasteiger charge is -2.38. The van der Waals surface area contributed by atoms with Crippen molar-refractivity contribution in [1.82, 2.24) is 15.0 Å². The van der Waals surface area contributed by atoms with E-state index in [-0.39, 0.29) is 0 Å². The lowest BCUT2D eigenvalue weighted by Crippen LogP contribution is -2.45. The molecule has 0 radical (unpaired) electrons. The first-order valence-electron chi connectivity index (χ1n) is 8.50. The molecule has 0 N–H and O–H groups in total. The lowest BCUT2D eigenvalue weighted by atomic mass is 9.91. The molecule has 0 spiro atoms. The van der Waals surface area contributed by atoms with Gasteiger partial charge in [0.2, 0.25) is 0 Å². The van der Waals surface area contributed by atoms with Crippen LogP contribution in [0.4, 0.5) is 6.01 Å². The van der Waals surface area contributed by atoms with Crippen LogP contribution in [0.5, 0.6) is 0 Å². The van der Waals surface area contributed by atoms with Gasteiger partial charge in [-0.3, -0.25) is 9.89 Å². The molecular formula is C18H20N6O. The molecule has 1 unspecified atom stereocenters. The van der Waals surface area contributed by atoms with E-state index in [1.54, 1.807) is 0 Å². The van der Waals surface area contributed by atoms with Crippen molar-refractivity contribution in [2.75, 3.05) is 37.7 Å². The normalized spacial score (nSPS) is 21.1. The molecule has 2 aliphatic heterocycles. The Labute approximate surface area is 146 Å². The van der Waals surface area contributed by atoms with Crippen LogP contribution in [0, 0.1) is 11.3 Å². The Morgan fingerprint density at radius 1 is 1.32 bits per heavy atom. The summed E-state index contributed by atoms with van der Waals surface area (Å²) in [4.78, 5) is 12.9. The Morgan fingerprint density at radius 2 is 2.20 bits per heavy atom. The summed E-state index contributed by atoms with van der Waals surface area (Å²) in [5.74, 6) is 1.50. The van der Waals surface area contributed by atoms with Crippen LogP contribution in [0.2, 0.25) is 0 Å². The van der Waals surface area contributed by atoms with Crippen molar-refractivity contribution in [2.24, 2.45) is 4.99 Å². The van der Waals surface area contributed by atoms with Crippen molar-refractivity contribution in [1.29, 1.82) is 5.26 Å². The van der Waals surface area contributed by atoms with E-state index in [2.05, 4.69) is 43.8 Å². The summed E-state index contributed by atoms with van der Waals surface area (Å²) in [7, 11) is 0. The third-order valence-corrected chi connectivity index (χ3v) is 5.01. The molecule has 4 rings (SSSR count). The van der Waals surface area contributed by atoms with E-state index in [4.69, 9.17) is 9.78 Å². The van der Waals surface area contributed by atoms with E-state index in [9.17, 15) is 0 Å². The molecule has 1 aromatic heterocycles. The van der Waals surface area contributed by atoms with E-state index in [1.165, 1.54) is 5.56 Å². The summed E-state index contributed by atoms with van der Waals surface area (Å²) < 4.78 is 5.46. The molecule has 1 atom stereocenters. The van der Waals surface area contributed by atoms with Crippen molar-refractivity contribution in [3.63, 3.8) is 0 Å². The fourth-order valence-electron chi connectivity index (χ4n) is 3.54. The van der Waals surface area contributed by atoms with Gasteiger partial charge in [-0.15, -0.1) is 0 Å². The topological polar surface area (TPSA) is 81.5 Å². The minimum absolute atomic E-state index is 0.309. The first-order valence-corrected chi connectivity index (χ1v) is 8.50. The standard InChI is InChI=1S/C18H20N6O/c1-20-12-23-6-5-15(9-23)17-21-18(25-22-17)24-10-16(11-24)14-4-2-3-13(7-14)8-19/h2-4,7,15-16H,1,5-6,9-12H2. The number of rotatable bonds is 5. The summed E-state index contributed by atoms with van der Waals surface area (Å²) in [6, 6.07) is 10.6. The number of aromatic nitrogens is 2. The molecule has 2 aromatic rings. The highest BCUT2D eigenvalue weighted by Crippen LogP contribution is 2.32. The first-order chi connectivity index (χ1) is 12.3. The van der Waals surface area contributed by atoms with Gasteiger partial charge in [0, 0.05) is 38.0 Å². The van der Waals surface area contributed by atoms with Gasteiger partial charge in [0.15, 0.2) is 5.82 Å². The van der Waals surface area contributed by atoms with Gasteiger partial charge in [-0.1, -0.05) is 17.3 Å². The number of anilines is 1. The van der Waals surface area contributed by atoms with Crippen LogP contribution in [0.15, 0.2) is 33.8 Å². The zero-order valence-electron chi connectivity index (χ0n) is 14.0. The molecule has 3 heterocycles. The van der Waals surface area contributed by atoms with Crippen LogP contribution in [-0.2, 0) is 0 Å². The molecule has 1 aromatic carbocycles. The summed E-state index contributed by atoms with van der Waals surface area (Å²) in [5, 5.41) is 13.2. The molecule has 0 amide bonds. The Balaban J connectivity index is 1.36. The van der Waals surface area contributed by atoms with E-state index in [1.807, 2.05) is 18.2 Å². The number of nitrogens with zero attached hydrogens (tertiary/aromatic N) is 6. The highest BCUT2D eigenvalue weighted by atomic mass is 16.5. The number of nitriles is 1. The second-order valence-corrected chi connectivity index (χ2v) is 6.70. The second-order valence-electron chi connectivity index (χ2n) is 6.70. The van der Waals surface area contributed by atoms with Crippen molar-refractivity contribution < 1.29 is 4.52 Å². The quantitative estimate of drug-likeness (QED) is 0.777. The van der Waals surface area contributed by atoms with Crippen LogP contribution in [0.1, 0.15) is 35.2 Å². The van der Waals surface area contributed by atoms with Crippen LogP contribution < -0.4 is 4.90 Å². The Hall–Kier alpha value is -2.72. The SMILES string of the molecule is C=NCN1CCC(c2noc(N3CC(c4cccc(C#N)c4)C3)n2)C1. The number of hydrogen-bond donors (Lipinski definition) is 0. The van der Waals surface area contributed by atoms with Crippen LogP contribution >= 0.6 is 0 Å². The van der Waals surface area contributed by atoms with Crippen molar-refractivity contribution in [3.05, 3.63) is 41.2 Å². The van der Waals surface area contributed by atoms with Crippen molar-refractivity contribution >= 4 is 12.7 Å². The van der Waals surface area contributed by atoms with Crippen molar-refractivity contribution in [2.45, 2.75) is 18.3 Å². The third kappa shape index (κ3) is 3.13. The monoisotopic (exact) mass is 336 g/mol. The van der Waals surface area contributed by atoms with Gasteiger partial charge in [0.25, 0.3) is 0 Å². The van der Waals surface area contributed by atoms with Gasteiger partial charge >= 0.3 is 6.01 Å². The van der Waals surface area contributed by atoms with Crippen LogP contribution in [0.25, 0.3) is 0 Å². The number of likely N-dealkylation sites (tertiary alicyclic amines) is 1. The second kappa shape index (κ2) is 6.65. The first kappa shape index (κ1) is 15.8. The van der Waals surface area contributed by atoms with Gasteiger partial charge in [-0.05, 0) is 30.8 Å². The van der Waals surface area contributed by atoms with Gasteiger partial charge in [0.1, 0.15) is 0 Å². The van der Waals surface area contributed by atoms with E-state index in [0.717, 1.165) is 38.4 Å². The molecule has 2 aliphatic rings. The summed E-state index contributed by atoms with van der Waals surface area (Å²) in [5.41, 5.74) is 1.90. The molecule has 2 fully saturated rings.